The molecule has 6 rings (SSSR count). The number of benzene rings is 2. The van der Waals surface area contributed by atoms with E-state index >= 15 is 0 Å². The number of esters is 1. The molecule has 0 spiro atoms. The summed E-state index contributed by atoms with van der Waals surface area (Å²) in [5.41, 5.74) is 1.13. The molecule has 2 aromatic carbocycles. The Kier molecular flexibility index (Phi) is 7.25. The summed E-state index contributed by atoms with van der Waals surface area (Å²) in [5.74, 6) is -0.815. The molecule has 0 saturated carbocycles. The van der Waals surface area contributed by atoms with E-state index in [9.17, 15) is 23.1 Å². The van der Waals surface area contributed by atoms with E-state index in [1.807, 2.05) is 30.3 Å². The third-order valence-corrected chi connectivity index (χ3v) is 10.2. The summed E-state index contributed by atoms with van der Waals surface area (Å²) in [7, 11) is -4.03. The fraction of sp³-hybridized carbons (Fsp3) is 0.440. The molecule has 11 heteroatoms. The Morgan fingerprint density at radius 2 is 1.81 bits per heavy atom. The minimum absolute atomic E-state index is 0.0289. The van der Waals surface area contributed by atoms with E-state index in [-0.39, 0.29) is 17.5 Å². The second-order valence-corrected chi connectivity index (χ2v) is 12.4. The largest absolute Gasteiger partial charge is 0.479 e. The lowest BCUT2D eigenvalue weighted by Gasteiger charge is -2.44. The highest BCUT2D eigenvalue weighted by Gasteiger charge is 2.41. The number of piperidine rings is 3. The fourth-order valence-electron chi connectivity index (χ4n) is 5.13. The Balaban J connectivity index is 1.38. The predicted octanol–water partition coefficient (Wildman–Crippen LogP) is 2.63. The third-order valence-electron chi connectivity index (χ3n) is 7.04. The smallest absolute Gasteiger partial charge is 0.333 e. The summed E-state index contributed by atoms with van der Waals surface area (Å²) in [6.45, 7) is 2.95. The topological polar surface area (TPSA) is 116 Å². The van der Waals surface area contributed by atoms with Crippen LogP contribution in [0.5, 0.6) is 0 Å². The van der Waals surface area contributed by atoms with Gasteiger partial charge in [-0.25, -0.2) is 18.0 Å². The van der Waals surface area contributed by atoms with Crippen molar-refractivity contribution < 1.29 is 27.9 Å². The van der Waals surface area contributed by atoms with Crippen LogP contribution in [0, 0.1) is 5.92 Å². The van der Waals surface area contributed by atoms with Crippen molar-refractivity contribution in [1.29, 1.82) is 0 Å². The second-order valence-electron chi connectivity index (χ2n) is 9.31. The Morgan fingerprint density at radius 1 is 1.06 bits per heavy atom. The third kappa shape index (κ3) is 5.10. The van der Waals surface area contributed by atoms with Gasteiger partial charge in [-0.15, -0.1) is 11.8 Å². The SMILES string of the molecule is O=C(O[C@H]1CN2CCC1CC2)C(Nc1cccc(S(=O)(=O)N2CCS[C@H]2C(=O)O)c1)c1ccccc1. The molecule has 36 heavy (non-hydrogen) atoms. The van der Waals surface area contributed by atoms with Gasteiger partial charge in [-0.3, -0.25) is 4.90 Å². The summed E-state index contributed by atoms with van der Waals surface area (Å²) in [5, 5.41) is 11.5. The number of nitrogens with zero attached hydrogens (tertiary/aromatic N) is 2. The number of nitrogens with one attached hydrogen (secondary N) is 1. The summed E-state index contributed by atoms with van der Waals surface area (Å²) in [6.07, 6.45) is 1.89. The van der Waals surface area contributed by atoms with Gasteiger partial charge in [0.15, 0.2) is 11.4 Å². The number of sulfonamides is 1. The number of aliphatic carboxylic acids is 1. The van der Waals surface area contributed by atoms with Crippen molar-refractivity contribution in [2.24, 2.45) is 5.92 Å². The van der Waals surface area contributed by atoms with Gasteiger partial charge in [0, 0.05) is 24.5 Å². The molecule has 1 unspecified atom stereocenters. The maximum atomic E-state index is 13.4. The van der Waals surface area contributed by atoms with Gasteiger partial charge in [-0.2, -0.15) is 4.31 Å². The second kappa shape index (κ2) is 10.4. The van der Waals surface area contributed by atoms with E-state index < -0.39 is 33.4 Å². The summed E-state index contributed by atoms with van der Waals surface area (Å²) in [4.78, 5) is 27.2. The van der Waals surface area contributed by atoms with Crippen molar-refractivity contribution in [1.82, 2.24) is 9.21 Å². The van der Waals surface area contributed by atoms with Crippen molar-refractivity contribution >= 4 is 39.4 Å². The zero-order valence-corrected chi connectivity index (χ0v) is 21.3. The van der Waals surface area contributed by atoms with Gasteiger partial charge < -0.3 is 15.2 Å². The van der Waals surface area contributed by atoms with Crippen LogP contribution in [0.25, 0.3) is 0 Å². The minimum atomic E-state index is -4.03. The average Bonchev–Trinajstić information content (AvgIpc) is 3.40. The van der Waals surface area contributed by atoms with E-state index in [1.165, 1.54) is 12.1 Å². The Labute approximate surface area is 214 Å². The number of carbonyl (C=O) groups is 2. The van der Waals surface area contributed by atoms with Crippen LogP contribution in [0.3, 0.4) is 0 Å². The maximum absolute atomic E-state index is 13.4. The lowest BCUT2D eigenvalue weighted by atomic mass is 9.86. The number of ether oxygens (including phenoxy) is 1. The van der Waals surface area contributed by atoms with Crippen molar-refractivity contribution in [2.45, 2.75) is 35.3 Å². The molecular weight excluding hydrogens is 502 g/mol. The highest BCUT2D eigenvalue weighted by Crippen LogP contribution is 2.33. The number of carboxylic acid groups (broad SMARTS) is 1. The zero-order valence-electron chi connectivity index (χ0n) is 19.7. The summed E-state index contributed by atoms with van der Waals surface area (Å²) >= 11 is 1.08. The first-order valence-corrected chi connectivity index (χ1v) is 14.5. The highest BCUT2D eigenvalue weighted by molar-refractivity contribution is 8.02. The van der Waals surface area contributed by atoms with Gasteiger partial charge in [-0.1, -0.05) is 36.4 Å². The minimum Gasteiger partial charge on any atom is -0.479 e. The maximum Gasteiger partial charge on any atom is 0.333 e. The quantitative estimate of drug-likeness (QED) is 0.496. The lowest BCUT2D eigenvalue weighted by molar-refractivity contribution is -0.160. The van der Waals surface area contributed by atoms with Crippen molar-refractivity contribution in [3.05, 3.63) is 60.2 Å². The van der Waals surface area contributed by atoms with Crippen LogP contribution in [-0.2, 0) is 24.3 Å². The number of carbonyl (C=O) groups excluding carboxylic acids is 1. The van der Waals surface area contributed by atoms with Gasteiger partial charge in [0.25, 0.3) is 0 Å². The van der Waals surface area contributed by atoms with Crippen LogP contribution in [0.4, 0.5) is 5.69 Å². The Hall–Kier alpha value is -2.60. The van der Waals surface area contributed by atoms with Gasteiger partial charge in [0.05, 0.1) is 4.90 Å². The van der Waals surface area contributed by atoms with E-state index in [4.69, 9.17) is 4.74 Å². The van der Waals surface area contributed by atoms with E-state index in [0.717, 1.165) is 48.5 Å². The molecule has 4 aliphatic heterocycles. The molecule has 4 saturated heterocycles. The number of rotatable bonds is 8. The zero-order chi connectivity index (χ0) is 25.3. The van der Waals surface area contributed by atoms with Gasteiger partial charge >= 0.3 is 11.9 Å². The van der Waals surface area contributed by atoms with Crippen LogP contribution in [0.1, 0.15) is 24.4 Å². The molecule has 2 aromatic rings. The number of hydrogen-bond donors (Lipinski definition) is 2. The van der Waals surface area contributed by atoms with Crippen LogP contribution in [-0.4, -0.2) is 78.1 Å². The highest BCUT2D eigenvalue weighted by atomic mass is 32.2. The van der Waals surface area contributed by atoms with Crippen molar-refractivity contribution in [2.75, 3.05) is 37.2 Å². The number of anilines is 1. The number of fused-ring (bicyclic) bond motifs is 3. The van der Waals surface area contributed by atoms with E-state index in [1.54, 1.807) is 12.1 Å². The molecule has 9 nitrogen and oxygen atoms in total. The molecule has 4 fully saturated rings. The first-order chi connectivity index (χ1) is 17.3. The van der Waals surface area contributed by atoms with Crippen molar-refractivity contribution in [3.63, 3.8) is 0 Å². The van der Waals surface area contributed by atoms with Crippen LogP contribution < -0.4 is 5.32 Å². The molecule has 4 aliphatic rings. The average molecular weight is 532 g/mol. The molecule has 0 amide bonds. The molecule has 3 atom stereocenters. The molecule has 2 bridgehead atoms. The standard InChI is InChI=1S/C25H29N3O6S2/c29-24(30)23-28(13-14-35-23)36(32,33)20-8-4-7-19(15-20)26-22(18-5-2-1-3-6-18)25(31)34-21-16-27-11-9-17(21)10-12-27/h1-8,15,17,21-23,26H,9-14,16H2,(H,29,30)/t21-,22?,23-/m0/s1. The van der Waals surface area contributed by atoms with Gasteiger partial charge in [-0.05, 0) is 55.6 Å². The Bertz CT molecular complexity index is 1220. The summed E-state index contributed by atoms with van der Waals surface area (Å²) in [6, 6.07) is 14.5. The molecule has 192 valence electrons. The number of thioether (sulfide) groups is 1. The first kappa shape index (κ1) is 25.1. The molecule has 0 radical (unpaired) electrons. The molecule has 0 aromatic heterocycles. The van der Waals surface area contributed by atoms with E-state index in [2.05, 4.69) is 10.2 Å². The normalized spacial score (nSPS) is 26.9. The lowest BCUT2D eigenvalue weighted by Crippen LogP contribution is -2.52. The molecule has 2 N–H and O–H groups in total. The first-order valence-electron chi connectivity index (χ1n) is 12.0. The van der Waals surface area contributed by atoms with E-state index in [0.29, 0.717) is 22.9 Å². The predicted molar refractivity (Wildman–Crippen MR) is 136 cm³/mol. The molecular formula is C25H29N3O6S2. The number of carboxylic acids is 1. The fourth-order valence-corrected chi connectivity index (χ4v) is 8.18. The monoisotopic (exact) mass is 531 g/mol. The number of hydrogen-bond acceptors (Lipinski definition) is 8. The summed E-state index contributed by atoms with van der Waals surface area (Å²) < 4.78 is 33.5. The van der Waals surface area contributed by atoms with Crippen LogP contribution in [0.2, 0.25) is 0 Å². The van der Waals surface area contributed by atoms with Crippen LogP contribution in [0.15, 0.2) is 59.5 Å². The van der Waals surface area contributed by atoms with Gasteiger partial charge in [0.1, 0.15) is 6.10 Å². The molecule has 0 aliphatic carbocycles. The Morgan fingerprint density at radius 3 is 2.47 bits per heavy atom. The van der Waals surface area contributed by atoms with Crippen molar-refractivity contribution in [3.8, 4) is 0 Å². The van der Waals surface area contributed by atoms with Gasteiger partial charge in [0.2, 0.25) is 10.0 Å². The van der Waals surface area contributed by atoms with Crippen LogP contribution >= 0.6 is 11.8 Å². The molecule has 4 heterocycles.